The number of benzene rings is 1. The Hall–Kier alpha value is -2.19. The number of aryl methyl sites for hydroxylation is 2. The van der Waals surface area contributed by atoms with E-state index >= 15 is 0 Å². The van der Waals surface area contributed by atoms with Crippen molar-refractivity contribution in [1.29, 1.82) is 0 Å². The molecule has 7 nitrogen and oxygen atoms in total. The van der Waals surface area contributed by atoms with Crippen LogP contribution in [-0.4, -0.2) is 30.7 Å². The fraction of sp³-hybridized carbons (Fsp3) is 0.375. The second-order valence-corrected chi connectivity index (χ2v) is 7.24. The summed E-state index contributed by atoms with van der Waals surface area (Å²) in [4.78, 5) is 10.9. The molecule has 0 spiro atoms. The highest BCUT2D eigenvalue weighted by Crippen LogP contribution is 2.20. The Morgan fingerprint density at radius 3 is 2.50 bits per heavy atom. The molecule has 1 aromatic heterocycles. The molecule has 0 saturated carbocycles. The molecule has 1 aromatic carbocycles. The summed E-state index contributed by atoms with van der Waals surface area (Å²) in [5, 5.41) is 12.6. The zero-order valence-electron chi connectivity index (χ0n) is 13.5. The van der Waals surface area contributed by atoms with E-state index in [4.69, 9.17) is 9.63 Å². The second kappa shape index (κ2) is 7.59. The number of carboxylic acids is 1. The van der Waals surface area contributed by atoms with Crippen molar-refractivity contribution in [2.24, 2.45) is 0 Å². The van der Waals surface area contributed by atoms with E-state index in [9.17, 15) is 13.2 Å². The van der Waals surface area contributed by atoms with Gasteiger partial charge in [0, 0.05) is 12.5 Å². The van der Waals surface area contributed by atoms with E-state index in [1.165, 1.54) is 6.92 Å². The van der Waals surface area contributed by atoms with Crippen LogP contribution in [0.15, 0.2) is 39.8 Å². The predicted molar refractivity (Wildman–Crippen MR) is 87.1 cm³/mol. The largest absolute Gasteiger partial charge is 0.481 e. The van der Waals surface area contributed by atoms with Gasteiger partial charge in [0.25, 0.3) is 0 Å². The Kier molecular flexibility index (Phi) is 5.74. The Balaban J connectivity index is 2.22. The quantitative estimate of drug-likeness (QED) is 0.752. The highest BCUT2D eigenvalue weighted by atomic mass is 32.2. The molecule has 130 valence electrons. The number of nitrogens with zero attached hydrogens (tertiary/aromatic N) is 1. The van der Waals surface area contributed by atoms with Crippen molar-refractivity contribution < 1.29 is 22.8 Å². The number of rotatable bonds is 8. The number of sulfonamides is 1. The van der Waals surface area contributed by atoms with E-state index in [0.29, 0.717) is 6.42 Å². The normalized spacial score (nSPS) is 12.9. The van der Waals surface area contributed by atoms with Crippen molar-refractivity contribution in [3.63, 3.8) is 0 Å². The van der Waals surface area contributed by atoms with E-state index in [1.807, 2.05) is 30.3 Å². The fourth-order valence-electron chi connectivity index (χ4n) is 2.54. The molecule has 8 heteroatoms. The van der Waals surface area contributed by atoms with E-state index in [2.05, 4.69) is 9.88 Å². The van der Waals surface area contributed by atoms with E-state index < -0.39 is 22.0 Å². The second-order valence-electron chi connectivity index (χ2n) is 5.59. The maximum Gasteiger partial charge on any atom is 0.303 e. The first kappa shape index (κ1) is 18.2. The molecule has 24 heavy (non-hydrogen) atoms. The molecular formula is C16H20N2O5S. The zero-order valence-corrected chi connectivity index (χ0v) is 14.3. The van der Waals surface area contributed by atoms with Gasteiger partial charge in [-0.25, -0.2) is 13.1 Å². The maximum absolute atomic E-state index is 12.6. The number of aliphatic carboxylic acids is 1. The minimum Gasteiger partial charge on any atom is -0.481 e. The van der Waals surface area contributed by atoms with Crippen LogP contribution >= 0.6 is 0 Å². The van der Waals surface area contributed by atoms with Gasteiger partial charge in [-0.3, -0.25) is 4.79 Å². The van der Waals surface area contributed by atoms with Crippen molar-refractivity contribution >= 4 is 16.0 Å². The summed E-state index contributed by atoms with van der Waals surface area (Å²) in [5.74, 6) is -0.763. The van der Waals surface area contributed by atoms with Crippen LogP contribution in [-0.2, 0) is 21.2 Å². The molecular weight excluding hydrogens is 332 g/mol. The van der Waals surface area contributed by atoms with Gasteiger partial charge in [-0.2, -0.15) is 0 Å². The summed E-state index contributed by atoms with van der Waals surface area (Å²) in [5.41, 5.74) is 1.20. The number of hydrogen-bond donors (Lipinski definition) is 2. The molecule has 2 rings (SSSR count). The van der Waals surface area contributed by atoms with Gasteiger partial charge < -0.3 is 9.63 Å². The van der Waals surface area contributed by atoms with Crippen LogP contribution in [0.4, 0.5) is 0 Å². The minimum absolute atomic E-state index is 0.0101. The van der Waals surface area contributed by atoms with Gasteiger partial charge in [0.2, 0.25) is 10.0 Å². The van der Waals surface area contributed by atoms with Gasteiger partial charge in [-0.05, 0) is 32.3 Å². The summed E-state index contributed by atoms with van der Waals surface area (Å²) in [6, 6.07) is 8.78. The van der Waals surface area contributed by atoms with Crippen LogP contribution in [0.5, 0.6) is 0 Å². The van der Waals surface area contributed by atoms with E-state index in [-0.39, 0.29) is 29.2 Å². The van der Waals surface area contributed by atoms with E-state index in [1.54, 1.807) is 6.92 Å². The molecule has 2 N–H and O–H groups in total. The van der Waals surface area contributed by atoms with Gasteiger partial charge in [0.1, 0.15) is 10.6 Å². The lowest BCUT2D eigenvalue weighted by Gasteiger charge is -2.18. The molecule has 0 radical (unpaired) electrons. The van der Waals surface area contributed by atoms with Crippen LogP contribution in [0.1, 0.15) is 29.9 Å². The molecule has 0 saturated heterocycles. The van der Waals surface area contributed by atoms with Gasteiger partial charge >= 0.3 is 5.97 Å². The summed E-state index contributed by atoms with van der Waals surface area (Å²) in [7, 11) is -3.84. The fourth-order valence-corrected chi connectivity index (χ4v) is 4.14. The monoisotopic (exact) mass is 352 g/mol. The summed E-state index contributed by atoms with van der Waals surface area (Å²) in [6.45, 7) is 3.08. The molecule has 0 aliphatic rings. The maximum atomic E-state index is 12.6. The molecule has 2 aromatic rings. The average Bonchev–Trinajstić information content (AvgIpc) is 2.85. The molecule has 0 aliphatic heterocycles. The Bertz CT molecular complexity index is 780. The predicted octanol–water partition coefficient (Wildman–Crippen LogP) is 2.05. The van der Waals surface area contributed by atoms with Crippen LogP contribution < -0.4 is 4.72 Å². The third kappa shape index (κ3) is 4.65. The molecule has 1 heterocycles. The van der Waals surface area contributed by atoms with Gasteiger partial charge in [0.15, 0.2) is 5.76 Å². The first-order valence-corrected chi connectivity index (χ1v) is 8.99. The Morgan fingerprint density at radius 2 is 1.96 bits per heavy atom. The summed E-state index contributed by atoms with van der Waals surface area (Å²) < 4.78 is 32.7. The first-order valence-electron chi connectivity index (χ1n) is 7.50. The van der Waals surface area contributed by atoms with Crippen molar-refractivity contribution in [3.8, 4) is 0 Å². The summed E-state index contributed by atoms with van der Waals surface area (Å²) in [6.07, 6.45) is 0.463. The number of aromatic nitrogens is 1. The Morgan fingerprint density at radius 1 is 1.29 bits per heavy atom. The van der Waals surface area contributed by atoms with Gasteiger partial charge in [-0.1, -0.05) is 35.5 Å². The van der Waals surface area contributed by atoms with Crippen LogP contribution in [0, 0.1) is 13.8 Å². The lowest BCUT2D eigenvalue weighted by Crippen LogP contribution is -2.37. The van der Waals surface area contributed by atoms with Crippen LogP contribution in [0.2, 0.25) is 0 Å². The molecule has 0 aliphatic carbocycles. The molecule has 0 fully saturated rings. The molecule has 1 unspecified atom stereocenters. The summed E-state index contributed by atoms with van der Waals surface area (Å²) >= 11 is 0. The van der Waals surface area contributed by atoms with Crippen molar-refractivity contribution in [2.45, 2.75) is 44.0 Å². The minimum atomic E-state index is -3.84. The number of carboxylic acid groups (broad SMARTS) is 1. The number of hydrogen-bond acceptors (Lipinski definition) is 5. The number of carbonyl (C=O) groups is 1. The van der Waals surface area contributed by atoms with Crippen molar-refractivity contribution in [1.82, 2.24) is 9.88 Å². The lowest BCUT2D eigenvalue weighted by atomic mass is 10.0. The zero-order chi connectivity index (χ0) is 17.7. The van der Waals surface area contributed by atoms with Gasteiger partial charge in [0.05, 0.1) is 0 Å². The Labute approximate surface area is 140 Å². The lowest BCUT2D eigenvalue weighted by molar-refractivity contribution is -0.137. The topological polar surface area (TPSA) is 110 Å². The highest BCUT2D eigenvalue weighted by Gasteiger charge is 2.27. The highest BCUT2D eigenvalue weighted by molar-refractivity contribution is 7.89. The average molecular weight is 352 g/mol. The van der Waals surface area contributed by atoms with Crippen LogP contribution in [0.3, 0.4) is 0 Å². The molecule has 0 amide bonds. The van der Waals surface area contributed by atoms with Gasteiger partial charge in [-0.15, -0.1) is 0 Å². The number of nitrogens with one attached hydrogen (secondary N) is 1. The molecule has 0 bridgehead atoms. The van der Waals surface area contributed by atoms with E-state index in [0.717, 1.165) is 5.56 Å². The third-order valence-corrected chi connectivity index (χ3v) is 5.35. The third-order valence-electron chi connectivity index (χ3n) is 3.59. The van der Waals surface area contributed by atoms with Crippen LogP contribution in [0.25, 0.3) is 0 Å². The SMILES string of the molecule is Cc1noc(C)c1S(=O)(=O)NC(CCC(=O)O)Cc1ccccc1. The van der Waals surface area contributed by atoms with Crippen molar-refractivity contribution in [3.05, 3.63) is 47.3 Å². The van der Waals surface area contributed by atoms with Crippen molar-refractivity contribution in [2.75, 3.05) is 0 Å². The standard InChI is InChI=1S/C16H20N2O5S/c1-11-16(12(2)23-17-11)24(21,22)18-14(8-9-15(19)20)10-13-6-4-3-5-7-13/h3-7,14,18H,8-10H2,1-2H3,(H,19,20). The smallest absolute Gasteiger partial charge is 0.303 e. The molecule has 1 atom stereocenters. The first-order chi connectivity index (χ1) is 11.3.